The van der Waals surface area contributed by atoms with E-state index >= 15 is 0 Å². The zero-order valence-corrected chi connectivity index (χ0v) is 20.3. The Bertz CT molecular complexity index is 1090. The van der Waals surface area contributed by atoms with E-state index in [4.69, 9.17) is 0 Å². The van der Waals surface area contributed by atoms with Gasteiger partial charge >= 0.3 is 0 Å². The minimum atomic E-state index is 0.127. The van der Waals surface area contributed by atoms with Crippen LogP contribution in [0, 0.1) is 6.92 Å². The molecule has 3 aromatic rings. The third-order valence-corrected chi connectivity index (χ3v) is 7.29. The predicted molar refractivity (Wildman–Crippen MR) is 134 cm³/mol. The van der Waals surface area contributed by atoms with E-state index in [2.05, 4.69) is 65.7 Å². The summed E-state index contributed by atoms with van der Waals surface area (Å²) in [6, 6.07) is 8.41. The van der Waals surface area contributed by atoms with Gasteiger partial charge in [-0.25, -0.2) is 4.98 Å². The van der Waals surface area contributed by atoms with Gasteiger partial charge in [-0.15, -0.1) is 10.2 Å². The van der Waals surface area contributed by atoms with Crippen molar-refractivity contribution in [2.24, 2.45) is 0 Å². The molecule has 4 heterocycles. The molecule has 2 fully saturated rings. The third kappa shape index (κ3) is 5.01. The van der Waals surface area contributed by atoms with Gasteiger partial charge in [0.05, 0.1) is 17.6 Å². The molecule has 2 aliphatic heterocycles. The van der Waals surface area contributed by atoms with Gasteiger partial charge in [-0.2, -0.15) is 0 Å². The Kier molecular flexibility index (Phi) is 6.94. The van der Waals surface area contributed by atoms with Crippen LogP contribution in [-0.4, -0.2) is 80.6 Å². The van der Waals surface area contributed by atoms with E-state index in [0.29, 0.717) is 18.8 Å². The summed E-state index contributed by atoms with van der Waals surface area (Å²) in [5, 5.41) is 9.81. The van der Waals surface area contributed by atoms with Crippen molar-refractivity contribution in [3.05, 3.63) is 48.4 Å². The summed E-state index contributed by atoms with van der Waals surface area (Å²) in [6.45, 7) is 6.94. The van der Waals surface area contributed by atoms with Gasteiger partial charge in [0.25, 0.3) is 0 Å². The van der Waals surface area contributed by atoms with Crippen LogP contribution in [0.3, 0.4) is 0 Å². The molecule has 2 aromatic heterocycles. The molecule has 1 aromatic carbocycles. The van der Waals surface area contributed by atoms with E-state index in [1.54, 1.807) is 18.6 Å². The topological polar surface area (TPSA) is 83.3 Å². The molecule has 34 heavy (non-hydrogen) atoms. The summed E-state index contributed by atoms with van der Waals surface area (Å²) in [5.41, 5.74) is 2.24. The second-order valence-corrected chi connectivity index (χ2v) is 9.66. The lowest BCUT2D eigenvalue weighted by atomic mass is 10.1. The second kappa shape index (κ2) is 10.4. The van der Waals surface area contributed by atoms with Gasteiger partial charge in [-0.3, -0.25) is 14.3 Å². The minimum absolute atomic E-state index is 0.127. The van der Waals surface area contributed by atoms with Crippen LogP contribution in [0.15, 0.2) is 48.0 Å². The summed E-state index contributed by atoms with van der Waals surface area (Å²) < 4.78 is 2.11. The number of aryl methyl sites for hydroxylation is 1. The number of aromatic nitrogens is 5. The molecule has 2 saturated heterocycles. The van der Waals surface area contributed by atoms with Crippen molar-refractivity contribution >= 4 is 29.4 Å². The van der Waals surface area contributed by atoms with Crippen LogP contribution < -0.4 is 9.80 Å². The number of piperazine rings is 1. The van der Waals surface area contributed by atoms with Crippen LogP contribution in [0.5, 0.6) is 0 Å². The summed E-state index contributed by atoms with van der Waals surface area (Å²) in [7, 11) is 0. The molecule has 0 unspecified atom stereocenters. The molecular weight excluding hydrogens is 448 g/mol. The van der Waals surface area contributed by atoms with Crippen LogP contribution in [0.1, 0.15) is 24.8 Å². The Hall–Kier alpha value is -3.14. The Balaban J connectivity index is 1.26. The van der Waals surface area contributed by atoms with Gasteiger partial charge in [0.1, 0.15) is 5.82 Å². The fourth-order valence-electron chi connectivity index (χ4n) is 4.43. The number of anilines is 2. The number of carbonyl (C=O) groups is 1. The summed E-state index contributed by atoms with van der Waals surface area (Å²) in [6.07, 6.45) is 8.74. The van der Waals surface area contributed by atoms with Gasteiger partial charge in [0, 0.05) is 51.7 Å². The number of carbonyl (C=O) groups excluding carboxylic acids is 1. The van der Waals surface area contributed by atoms with E-state index < -0.39 is 0 Å². The van der Waals surface area contributed by atoms with E-state index in [9.17, 15) is 4.79 Å². The Labute approximate surface area is 204 Å². The molecule has 9 nitrogen and oxygen atoms in total. The monoisotopic (exact) mass is 478 g/mol. The van der Waals surface area contributed by atoms with Gasteiger partial charge < -0.3 is 14.7 Å². The zero-order chi connectivity index (χ0) is 23.3. The standard InChI is InChI=1S/C24H30N8OS/c1-19-5-7-20(8-6-19)32-23(31-11-3-2-4-12-31)27-28-24(32)34-18-22(33)30-15-13-29(14-16-30)21-17-25-9-10-26-21/h5-10,17H,2-4,11-16,18H2,1H3. The Morgan fingerprint density at radius 3 is 2.38 bits per heavy atom. The van der Waals surface area contributed by atoms with E-state index in [-0.39, 0.29) is 5.91 Å². The molecule has 2 aliphatic rings. The minimum Gasteiger partial charge on any atom is -0.352 e. The van der Waals surface area contributed by atoms with Crippen LogP contribution >= 0.6 is 11.8 Å². The molecule has 10 heteroatoms. The number of hydrogen-bond acceptors (Lipinski definition) is 8. The molecule has 0 saturated carbocycles. The molecule has 0 bridgehead atoms. The molecular formula is C24H30N8OS. The number of nitrogens with zero attached hydrogens (tertiary/aromatic N) is 8. The number of amides is 1. The van der Waals surface area contributed by atoms with E-state index in [1.807, 2.05) is 4.90 Å². The molecule has 0 N–H and O–H groups in total. The second-order valence-electron chi connectivity index (χ2n) is 8.72. The molecule has 5 rings (SSSR count). The SMILES string of the molecule is Cc1ccc(-n2c(SCC(=O)N3CCN(c4cnccn4)CC3)nnc2N2CCCCC2)cc1. The largest absolute Gasteiger partial charge is 0.352 e. The van der Waals surface area contributed by atoms with Crippen molar-refractivity contribution in [2.45, 2.75) is 31.3 Å². The van der Waals surface area contributed by atoms with Crippen molar-refractivity contribution in [2.75, 3.05) is 54.8 Å². The molecule has 0 spiro atoms. The van der Waals surface area contributed by atoms with Crippen molar-refractivity contribution in [3.63, 3.8) is 0 Å². The Morgan fingerprint density at radius 1 is 0.912 bits per heavy atom. The first-order valence-electron chi connectivity index (χ1n) is 11.9. The van der Waals surface area contributed by atoms with Crippen molar-refractivity contribution in [1.29, 1.82) is 0 Å². The normalized spacial score (nSPS) is 16.7. The van der Waals surface area contributed by atoms with Gasteiger partial charge in [0.2, 0.25) is 11.9 Å². The molecule has 0 atom stereocenters. The number of benzene rings is 1. The fourth-order valence-corrected chi connectivity index (χ4v) is 5.28. The van der Waals surface area contributed by atoms with Crippen LogP contribution in [-0.2, 0) is 4.79 Å². The summed E-state index contributed by atoms with van der Waals surface area (Å²) >= 11 is 1.47. The third-order valence-electron chi connectivity index (χ3n) is 6.38. The quantitative estimate of drug-likeness (QED) is 0.500. The maximum absolute atomic E-state index is 13.0. The maximum Gasteiger partial charge on any atom is 0.233 e. The maximum atomic E-state index is 13.0. The van der Waals surface area contributed by atoms with Crippen molar-refractivity contribution in [1.82, 2.24) is 29.6 Å². The highest BCUT2D eigenvalue weighted by atomic mass is 32.2. The number of rotatable bonds is 6. The first-order chi connectivity index (χ1) is 16.7. The lowest BCUT2D eigenvalue weighted by Gasteiger charge is -2.35. The van der Waals surface area contributed by atoms with Gasteiger partial charge in [-0.1, -0.05) is 29.5 Å². The van der Waals surface area contributed by atoms with E-state index in [1.165, 1.54) is 36.6 Å². The highest BCUT2D eigenvalue weighted by Crippen LogP contribution is 2.29. The number of thioether (sulfide) groups is 1. The molecule has 178 valence electrons. The van der Waals surface area contributed by atoms with Crippen molar-refractivity contribution < 1.29 is 4.79 Å². The van der Waals surface area contributed by atoms with Crippen LogP contribution in [0.4, 0.5) is 11.8 Å². The first-order valence-corrected chi connectivity index (χ1v) is 12.9. The zero-order valence-electron chi connectivity index (χ0n) is 19.5. The van der Waals surface area contributed by atoms with E-state index in [0.717, 1.165) is 48.8 Å². The average molecular weight is 479 g/mol. The van der Waals surface area contributed by atoms with Crippen LogP contribution in [0.2, 0.25) is 0 Å². The van der Waals surface area contributed by atoms with Crippen LogP contribution in [0.25, 0.3) is 5.69 Å². The van der Waals surface area contributed by atoms with Crippen molar-refractivity contribution in [3.8, 4) is 5.69 Å². The predicted octanol–water partition coefficient (Wildman–Crippen LogP) is 2.80. The highest BCUT2D eigenvalue weighted by Gasteiger charge is 2.25. The summed E-state index contributed by atoms with van der Waals surface area (Å²) in [4.78, 5) is 27.9. The smallest absolute Gasteiger partial charge is 0.233 e. The lowest BCUT2D eigenvalue weighted by Crippen LogP contribution is -2.49. The molecule has 0 aliphatic carbocycles. The average Bonchev–Trinajstić information content (AvgIpc) is 3.33. The highest BCUT2D eigenvalue weighted by molar-refractivity contribution is 7.99. The fraction of sp³-hybridized carbons (Fsp3) is 0.458. The van der Waals surface area contributed by atoms with Gasteiger partial charge in [0.15, 0.2) is 5.16 Å². The summed E-state index contributed by atoms with van der Waals surface area (Å²) in [5.74, 6) is 2.20. The molecule has 0 radical (unpaired) electrons. The van der Waals surface area contributed by atoms with Gasteiger partial charge in [-0.05, 0) is 38.3 Å². The number of piperidine rings is 1. The lowest BCUT2D eigenvalue weighted by molar-refractivity contribution is -0.128. The molecule has 1 amide bonds. The first kappa shape index (κ1) is 22.6. The Morgan fingerprint density at radius 2 is 1.68 bits per heavy atom. The number of hydrogen-bond donors (Lipinski definition) is 0.